The lowest BCUT2D eigenvalue weighted by molar-refractivity contribution is 0.669. The van der Waals surface area contributed by atoms with Crippen LogP contribution < -0.4 is 4.90 Å². The summed E-state index contributed by atoms with van der Waals surface area (Å²) in [6.45, 7) is 0. The van der Waals surface area contributed by atoms with Crippen LogP contribution in [-0.4, -0.2) is 4.57 Å². The molecule has 8 aromatic carbocycles. The number of hydrogen-bond acceptors (Lipinski definition) is 2. The molecule has 0 atom stereocenters. The van der Waals surface area contributed by atoms with Gasteiger partial charge in [-0.05, 0) is 89.3 Å². The summed E-state index contributed by atoms with van der Waals surface area (Å²) < 4.78 is 8.56. The van der Waals surface area contributed by atoms with Crippen LogP contribution >= 0.6 is 0 Å². The second kappa shape index (κ2) is 11.0. The molecule has 10 rings (SSSR count). The van der Waals surface area contributed by atoms with Crippen LogP contribution in [0.15, 0.2) is 186 Å². The van der Waals surface area contributed by atoms with E-state index in [-0.39, 0.29) is 0 Å². The quantitative estimate of drug-likeness (QED) is 0.190. The first-order valence-corrected chi connectivity index (χ1v) is 16.7. The number of aromatic nitrogens is 1. The van der Waals surface area contributed by atoms with E-state index in [4.69, 9.17) is 4.42 Å². The van der Waals surface area contributed by atoms with Gasteiger partial charge in [-0.3, -0.25) is 0 Å². The molecule has 0 saturated carbocycles. The summed E-state index contributed by atoms with van der Waals surface area (Å²) in [6.07, 6.45) is 0. The zero-order chi connectivity index (χ0) is 32.3. The molecule has 0 aliphatic carbocycles. The second-order valence-electron chi connectivity index (χ2n) is 12.6. The van der Waals surface area contributed by atoms with Crippen LogP contribution in [0.3, 0.4) is 0 Å². The SMILES string of the molecule is c1ccc(-n2c3ccccc3c3cc(-c4ccc(N(c5ccc6oc7ccccc7c6c5)c5cccc6ccccc56)cc4)ccc32)cc1. The Labute approximate surface area is 283 Å². The van der Waals surface area contributed by atoms with Gasteiger partial charge in [0.2, 0.25) is 0 Å². The zero-order valence-electron chi connectivity index (χ0n) is 26.6. The van der Waals surface area contributed by atoms with E-state index in [1.54, 1.807) is 0 Å². The van der Waals surface area contributed by atoms with E-state index in [0.717, 1.165) is 39.0 Å². The van der Waals surface area contributed by atoms with Gasteiger partial charge in [-0.25, -0.2) is 0 Å². The highest BCUT2D eigenvalue weighted by Crippen LogP contribution is 2.42. The largest absolute Gasteiger partial charge is 0.456 e. The van der Waals surface area contributed by atoms with E-state index in [2.05, 4.69) is 179 Å². The summed E-state index contributed by atoms with van der Waals surface area (Å²) in [4.78, 5) is 2.37. The fourth-order valence-electron chi connectivity index (χ4n) is 7.49. The predicted octanol–water partition coefficient (Wildman–Crippen LogP) is 13.0. The molecule has 0 aliphatic heterocycles. The third-order valence-corrected chi connectivity index (χ3v) is 9.77. The van der Waals surface area contributed by atoms with Crippen LogP contribution in [0.5, 0.6) is 0 Å². The molecule has 0 bridgehead atoms. The van der Waals surface area contributed by atoms with E-state index in [9.17, 15) is 0 Å². The van der Waals surface area contributed by atoms with Crippen molar-refractivity contribution in [1.29, 1.82) is 0 Å². The van der Waals surface area contributed by atoms with Gasteiger partial charge in [0.05, 0.1) is 16.7 Å². The maximum Gasteiger partial charge on any atom is 0.135 e. The van der Waals surface area contributed by atoms with E-state index in [0.29, 0.717) is 0 Å². The Balaban J connectivity index is 1.12. The van der Waals surface area contributed by atoms with Gasteiger partial charge < -0.3 is 13.9 Å². The van der Waals surface area contributed by atoms with Crippen LogP contribution in [-0.2, 0) is 0 Å². The lowest BCUT2D eigenvalue weighted by Gasteiger charge is -2.27. The van der Waals surface area contributed by atoms with Gasteiger partial charge in [0.1, 0.15) is 11.2 Å². The number of anilines is 3. The molecule has 0 amide bonds. The van der Waals surface area contributed by atoms with Crippen molar-refractivity contribution >= 4 is 71.6 Å². The van der Waals surface area contributed by atoms with Gasteiger partial charge in [0, 0.05) is 44.0 Å². The lowest BCUT2D eigenvalue weighted by Crippen LogP contribution is -2.10. The lowest BCUT2D eigenvalue weighted by atomic mass is 10.0. The minimum Gasteiger partial charge on any atom is -0.456 e. The highest BCUT2D eigenvalue weighted by Gasteiger charge is 2.18. The number of para-hydroxylation sites is 3. The molecular weight excluding hydrogens is 597 g/mol. The smallest absolute Gasteiger partial charge is 0.135 e. The molecule has 10 aromatic rings. The molecule has 0 radical (unpaired) electrons. The third kappa shape index (κ3) is 4.44. The molecule has 230 valence electrons. The maximum absolute atomic E-state index is 6.20. The average molecular weight is 627 g/mol. The van der Waals surface area contributed by atoms with Gasteiger partial charge in [-0.1, -0.05) is 109 Å². The number of fused-ring (bicyclic) bond motifs is 7. The molecule has 2 heterocycles. The number of nitrogens with zero attached hydrogens (tertiary/aromatic N) is 2. The summed E-state index contributed by atoms with van der Waals surface area (Å²) in [5.74, 6) is 0. The molecule has 0 fully saturated rings. The standard InChI is InChI=1S/C46H30N2O/c1-2-13-34(14-3-1)48-43-18-8-6-16-38(43)40-29-33(23-27-44(40)48)31-21-24-35(25-22-31)47(42-19-10-12-32-11-4-5-15-37(32)42)36-26-28-46-41(30-36)39-17-7-9-20-45(39)49-46/h1-30H. The molecular formula is C46H30N2O. The Hall–Kier alpha value is -6.58. The first kappa shape index (κ1) is 27.5. The van der Waals surface area contributed by atoms with E-state index in [1.807, 2.05) is 12.1 Å². The third-order valence-electron chi connectivity index (χ3n) is 9.77. The van der Waals surface area contributed by atoms with E-state index >= 15 is 0 Å². The molecule has 0 N–H and O–H groups in total. The van der Waals surface area contributed by atoms with Crippen LogP contribution in [0, 0.1) is 0 Å². The number of furan rings is 1. The fourth-order valence-corrected chi connectivity index (χ4v) is 7.49. The van der Waals surface area contributed by atoms with Crippen LogP contribution in [0.4, 0.5) is 17.1 Å². The van der Waals surface area contributed by atoms with Gasteiger partial charge >= 0.3 is 0 Å². The predicted molar refractivity (Wildman–Crippen MR) is 206 cm³/mol. The Morgan fingerprint density at radius 3 is 1.92 bits per heavy atom. The fraction of sp³-hybridized carbons (Fsp3) is 0. The van der Waals surface area contributed by atoms with Crippen LogP contribution in [0.2, 0.25) is 0 Å². The molecule has 3 nitrogen and oxygen atoms in total. The average Bonchev–Trinajstić information content (AvgIpc) is 3.71. The second-order valence-corrected chi connectivity index (χ2v) is 12.6. The number of benzene rings is 8. The molecule has 0 spiro atoms. The van der Waals surface area contributed by atoms with Crippen molar-refractivity contribution in [3.05, 3.63) is 182 Å². The minimum atomic E-state index is 0.891. The van der Waals surface area contributed by atoms with Crippen molar-refractivity contribution in [3.63, 3.8) is 0 Å². The van der Waals surface area contributed by atoms with Crippen LogP contribution in [0.1, 0.15) is 0 Å². The van der Waals surface area contributed by atoms with Gasteiger partial charge in [-0.15, -0.1) is 0 Å². The van der Waals surface area contributed by atoms with Crippen molar-refractivity contribution in [1.82, 2.24) is 4.57 Å². The first-order valence-electron chi connectivity index (χ1n) is 16.7. The molecule has 3 heteroatoms. The van der Waals surface area contributed by atoms with Gasteiger partial charge in [0.15, 0.2) is 0 Å². The summed E-state index contributed by atoms with van der Waals surface area (Å²) in [7, 11) is 0. The summed E-state index contributed by atoms with van der Waals surface area (Å²) >= 11 is 0. The van der Waals surface area contributed by atoms with Crippen molar-refractivity contribution in [3.8, 4) is 16.8 Å². The van der Waals surface area contributed by atoms with Crippen molar-refractivity contribution in [2.45, 2.75) is 0 Å². The summed E-state index contributed by atoms with van der Waals surface area (Å²) in [5, 5.41) is 7.14. The normalized spacial score (nSPS) is 11.7. The van der Waals surface area contributed by atoms with Crippen molar-refractivity contribution < 1.29 is 4.42 Å². The molecule has 0 unspecified atom stereocenters. The maximum atomic E-state index is 6.20. The summed E-state index contributed by atoms with van der Waals surface area (Å²) in [6, 6.07) is 65.0. The van der Waals surface area contributed by atoms with Crippen molar-refractivity contribution in [2.75, 3.05) is 4.90 Å². The van der Waals surface area contributed by atoms with Gasteiger partial charge in [0.25, 0.3) is 0 Å². The number of hydrogen-bond donors (Lipinski definition) is 0. The minimum absolute atomic E-state index is 0.891. The number of rotatable bonds is 5. The van der Waals surface area contributed by atoms with E-state index < -0.39 is 0 Å². The monoisotopic (exact) mass is 626 g/mol. The van der Waals surface area contributed by atoms with Crippen LogP contribution in [0.25, 0.3) is 71.3 Å². The highest BCUT2D eigenvalue weighted by atomic mass is 16.3. The van der Waals surface area contributed by atoms with Crippen molar-refractivity contribution in [2.24, 2.45) is 0 Å². The Kier molecular flexibility index (Phi) is 6.18. The molecule has 2 aromatic heterocycles. The Morgan fingerprint density at radius 1 is 0.388 bits per heavy atom. The van der Waals surface area contributed by atoms with Gasteiger partial charge in [-0.2, -0.15) is 0 Å². The Bertz CT molecular complexity index is 2820. The van der Waals surface area contributed by atoms with E-state index in [1.165, 1.54) is 49.4 Å². The first-order chi connectivity index (χ1) is 24.3. The molecule has 49 heavy (non-hydrogen) atoms. The topological polar surface area (TPSA) is 21.3 Å². The molecule has 0 saturated heterocycles. The Morgan fingerprint density at radius 2 is 1.04 bits per heavy atom. The highest BCUT2D eigenvalue weighted by molar-refractivity contribution is 6.11. The zero-order valence-corrected chi connectivity index (χ0v) is 26.6. The summed E-state index contributed by atoms with van der Waals surface area (Å²) in [5.41, 5.74) is 11.1. The molecule has 0 aliphatic rings.